The van der Waals surface area contributed by atoms with Gasteiger partial charge < -0.3 is 15.0 Å². The van der Waals surface area contributed by atoms with Gasteiger partial charge in [0.05, 0.1) is 18.6 Å². The number of hydrogen-bond acceptors (Lipinski definition) is 5. The summed E-state index contributed by atoms with van der Waals surface area (Å²) in [5, 5.41) is 3.46. The quantitative estimate of drug-likeness (QED) is 0.298. The molecule has 11 heteroatoms. The van der Waals surface area contributed by atoms with Crippen LogP contribution < -0.4 is 14.4 Å². The third kappa shape index (κ3) is 8.36. The largest absolute Gasteiger partial charge is 0.494 e. The van der Waals surface area contributed by atoms with Gasteiger partial charge in [-0.2, -0.15) is 0 Å². The molecule has 3 rings (SSSR count). The molecule has 0 unspecified atom stereocenters. The number of halogens is 2. The molecule has 2 amide bonds. The molecule has 0 fully saturated rings. The smallest absolute Gasteiger partial charge is 0.244 e. The van der Waals surface area contributed by atoms with E-state index in [0.717, 1.165) is 16.1 Å². The van der Waals surface area contributed by atoms with Crippen LogP contribution in [0.5, 0.6) is 5.75 Å². The predicted molar refractivity (Wildman–Crippen MR) is 159 cm³/mol. The van der Waals surface area contributed by atoms with E-state index < -0.39 is 28.5 Å². The summed E-state index contributed by atoms with van der Waals surface area (Å²) in [6.07, 6.45) is 1.22. The summed E-state index contributed by atoms with van der Waals surface area (Å²) < 4.78 is 32.2. The number of nitrogens with zero attached hydrogens (tertiary/aromatic N) is 2. The standard InChI is InChI=1S/C29H33Cl2N3O5S/c1-4-32-29(36)27(18-21-10-7-6-8-11-21)33(19-24-25(30)12-9-13-26(24)31)28(35)20-34(40(3,37)38)22-14-16-23(17-15-22)39-5-2/h6-17,27H,4-5,18-20H2,1-3H3,(H,32,36)/t27-/m1/s1. The van der Waals surface area contributed by atoms with Crippen molar-refractivity contribution in [2.24, 2.45) is 0 Å². The van der Waals surface area contributed by atoms with Gasteiger partial charge in [0.1, 0.15) is 18.3 Å². The molecule has 40 heavy (non-hydrogen) atoms. The topological polar surface area (TPSA) is 96.0 Å². The average Bonchev–Trinajstić information content (AvgIpc) is 2.91. The number of carbonyl (C=O) groups is 2. The summed E-state index contributed by atoms with van der Waals surface area (Å²) in [7, 11) is -3.88. The lowest BCUT2D eigenvalue weighted by Gasteiger charge is -2.33. The van der Waals surface area contributed by atoms with Gasteiger partial charge in [0.2, 0.25) is 21.8 Å². The summed E-state index contributed by atoms with van der Waals surface area (Å²) in [6, 6.07) is 19.7. The van der Waals surface area contributed by atoms with Crippen LogP contribution in [0.1, 0.15) is 25.0 Å². The Kier molecular flexibility index (Phi) is 11.2. The van der Waals surface area contributed by atoms with Crippen molar-refractivity contribution in [1.29, 1.82) is 0 Å². The molecule has 0 aliphatic rings. The van der Waals surface area contributed by atoms with Gasteiger partial charge in [0.25, 0.3) is 0 Å². The highest BCUT2D eigenvalue weighted by Gasteiger charge is 2.33. The summed E-state index contributed by atoms with van der Waals surface area (Å²) >= 11 is 12.9. The summed E-state index contributed by atoms with van der Waals surface area (Å²) in [5.41, 5.74) is 1.56. The third-order valence-electron chi connectivity index (χ3n) is 6.13. The van der Waals surface area contributed by atoms with Crippen LogP contribution in [0.3, 0.4) is 0 Å². The van der Waals surface area contributed by atoms with E-state index in [1.165, 1.54) is 4.90 Å². The number of anilines is 1. The normalized spacial score (nSPS) is 11.9. The van der Waals surface area contributed by atoms with Crippen molar-refractivity contribution in [1.82, 2.24) is 10.2 Å². The molecule has 3 aromatic rings. The van der Waals surface area contributed by atoms with Gasteiger partial charge in [-0.3, -0.25) is 13.9 Å². The van der Waals surface area contributed by atoms with E-state index in [4.69, 9.17) is 27.9 Å². The Bertz CT molecular complexity index is 1380. The predicted octanol–water partition coefficient (Wildman–Crippen LogP) is 4.93. The Morgan fingerprint density at radius 1 is 0.925 bits per heavy atom. The number of nitrogens with one attached hydrogen (secondary N) is 1. The highest BCUT2D eigenvalue weighted by Crippen LogP contribution is 2.28. The van der Waals surface area contributed by atoms with Crippen molar-refractivity contribution in [2.75, 3.05) is 30.3 Å². The highest BCUT2D eigenvalue weighted by atomic mass is 35.5. The first-order chi connectivity index (χ1) is 19.0. The summed E-state index contributed by atoms with van der Waals surface area (Å²) in [5.74, 6) is -0.405. The van der Waals surface area contributed by atoms with Crippen LogP contribution in [0, 0.1) is 0 Å². The minimum Gasteiger partial charge on any atom is -0.494 e. The molecule has 1 N–H and O–H groups in total. The van der Waals surface area contributed by atoms with Crippen LogP contribution in [-0.2, 0) is 32.6 Å². The van der Waals surface area contributed by atoms with Crippen molar-refractivity contribution in [3.63, 3.8) is 0 Å². The van der Waals surface area contributed by atoms with Gasteiger partial charge in [0, 0.05) is 35.1 Å². The highest BCUT2D eigenvalue weighted by molar-refractivity contribution is 7.92. The van der Waals surface area contributed by atoms with Gasteiger partial charge in [-0.25, -0.2) is 8.42 Å². The Balaban J connectivity index is 2.06. The van der Waals surface area contributed by atoms with Crippen LogP contribution in [0.4, 0.5) is 5.69 Å². The minimum absolute atomic E-state index is 0.104. The first-order valence-electron chi connectivity index (χ1n) is 12.8. The van der Waals surface area contributed by atoms with E-state index in [9.17, 15) is 18.0 Å². The zero-order valence-electron chi connectivity index (χ0n) is 22.6. The molecule has 0 heterocycles. The second-order valence-electron chi connectivity index (χ2n) is 9.02. The molecular formula is C29H33Cl2N3O5S. The molecule has 0 aliphatic heterocycles. The monoisotopic (exact) mass is 605 g/mol. The first-order valence-corrected chi connectivity index (χ1v) is 15.4. The molecule has 214 valence electrons. The lowest BCUT2D eigenvalue weighted by Crippen LogP contribution is -2.53. The minimum atomic E-state index is -3.88. The molecule has 0 bridgehead atoms. The molecule has 0 radical (unpaired) electrons. The van der Waals surface area contributed by atoms with Crippen LogP contribution in [0.25, 0.3) is 0 Å². The van der Waals surface area contributed by atoms with Gasteiger partial charge >= 0.3 is 0 Å². The number of ether oxygens (including phenoxy) is 1. The van der Waals surface area contributed by atoms with Crippen LogP contribution in [0.15, 0.2) is 72.8 Å². The Labute approximate surface area is 245 Å². The second kappa shape index (κ2) is 14.4. The third-order valence-corrected chi connectivity index (χ3v) is 7.98. The average molecular weight is 607 g/mol. The van der Waals surface area contributed by atoms with E-state index >= 15 is 0 Å². The number of sulfonamides is 1. The van der Waals surface area contributed by atoms with Crippen molar-refractivity contribution >= 4 is 50.7 Å². The van der Waals surface area contributed by atoms with E-state index in [0.29, 0.717) is 34.5 Å². The van der Waals surface area contributed by atoms with Crippen LogP contribution >= 0.6 is 23.2 Å². The zero-order chi connectivity index (χ0) is 29.3. The van der Waals surface area contributed by atoms with Gasteiger partial charge in [-0.05, 0) is 55.8 Å². The van der Waals surface area contributed by atoms with Crippen LogP contribution in [-0.4, -0.2) is 57.1 Å². The SMILES string of the molecule is CCNC(=O)[C@@H](Cc1ccccc1)N(Cc1c(Cl)cccc1Cl)C(=O)CN(c1ccc(OCC)cc1)S(C)(=O)=O. The summed E-state index contributed by atoms with van der Waals surface area (Å²) in [4.78, 5) is 28.8. The summed E-state index contributed by atoms with van der Waals surface area (Å²) in [6.45, 7) is 3.78. The lowest BCUT2D eigenvalue weighted by molar-refractivity contribution is -0.140. The van der Waals surface area contributed by atoms with E-state index in [1.807, 2.05) is 37.3 Å². The molecule has 3 aromatic carbocycles. The molecule has 0 aromatic heterocycles. The van der Waals surface area contributed by atoms with Crippen molar-refractivity contribution in [2.45, 2.75) is 32.9 Å². The molecule has 0 spiro atoms. The number of rotatable bonds is 13. The Morgan fingerprint density at radius 2 is 1.55 bits per heavy atom. The maximum absolute atomic E-state index is 14.0. The van der Waals surface area contributed by atoms with E-state index in [1.54, 1.807) is 49.4 Å². The Hall–Kier alpha value is -3.27. The number of carbonyl (C=O) groups excluding carboxylic acids is 2. The molecule has 0 saturated heterocycles. The molecule has 0 saturated carbocycles. The first kappa shape index (κ1) is 31.3. The second-order valence-corrected chi connectivity index (χ2v) is 11.7. The number of amides is 2. The van der Waals surface area contributed by atoms with Gasteiger partial charge in [0.15, 0.2) is 0 Å². The van der Waals surface area contributed by atoms with Crippen molar-refractivity contribution in [3.8, 4) is 5.75 Å². The molecule has 1 atom stereocenters. The van der Waals surface area contributed by atoms with Crippen molar-refractivity contribution in [3.05, 3.63) is 94.0 Å². The lowest BCUT2D eigenvalue weighted by atomic mass is 10.0. The zero-order valence-corrected chi connectivity index (χ0v) is 25.0. The number of hydrogen-bond donors (Lipinski definition) is 1. The number of likely N-dealkylation sites (N-methyl/N-ethyl adjacent to an activating group) is 1. The fourth-order valence-electron chi connectivity index (χ4n) is 4.19. The fourth-order valence-corrected chi connectivity index (χ4v) is 5.56. The fraction of sp³-hybridized carbons (Fsp3) is 0.310. The van der Waals surface area contributed by atoms with E-state index in [2.05, 4.69) is 5.32 Å². The molecular weight excluding hydrogens is 573 g/mol. The maximum atomic E-state index is 14.0. The van der Waals surface area contributed by atoms with Gasteiger partial charge in [-0.15, -0.1) is 0 Å². The Morgan fingerprint density at radius 3 is 2.10 bits per heavy atom. The van der Waals surface area contributed by atoms with Crippen LogP contribution in [0.2, 0.25) is 10.0 Å². The van der Waals surface area contributed by atoms with Crippen molar-refractivity contribution < 1.29 is 22.7 Å². The number of benzene rings is 3. The molecule has 0 aliphatic carbocycles. The van der Waals surface area contributed by atoms with Gasteiger partial charge in [-0.1, -0.05) is 59.6 Å². The maximum Gasteiger partial charge on any atom is 0.244 e. The molecule has 8 nitrogen and oxygen atoms in total. The van der Waals surface area contributed by atoms with E-state index in [-0.39, 0.29) is 24.6 Å².